The number of rotatable bonds is 5. The van der Waals surface area contributed by atoms with Gasteiger partial charge in [-0.2, -0.15) is 13.2 Å². The van der Waals surface area contributed by atoms with Gasteiger partial charge in [-0.1, -0.05) is 13.8 Å². The number of phenols is 1. The number of thiol groups is 1. The second kappa shape index (κ2) is 9.94. The highest BCUT2D eigenvalue weighted by Gasteiger charge is 2.31. The molecule has 0 aliphatic rings. The third-order valence-corrected chi connectivity index (χ3v) is 4.74. The van der Waals surface area contributed by atoms with Gasteiger partial charge in [0, 0.05) is 16.6 Å². The van der Waals surface area contributed by atoms with Crippen LogP contribution < -0.4 is 15.0 Å². The molecule has 0 unspecified atom stereocenters. The fraction of sp³-hybridized carbons (Fsp3) is 0.286. The van der Waals surface area contributed by atoms with E-state index in [0.717, 1.165) is 4.90 Å². The number of amides is 1. The Hall–Kier alpha value is -3.21. The molecule has 0 atom stereocenters. The lowest BCUT2D eigenvalue weighted by molar-refractivity contribution is -0.134. The largest absolute Gasteiger partial charge is 0.507 e. The highest BCUT2D eigenvalue weighted by atomic mass is 32.1. The van der Waals surface area contributed by atoms with Crippen molar-refractivity contribution in [3.63, 3.8) is 0 Å². The molecular weight excluding hydrogens is 445 g/mol. The third-order valence-electron chi connectivity index (χ3n) is 4.44. The van der Waals surface area contributed by atoms with Crippen molar-refractivity contribution < 1.29 is 27.8 Å². The minimum Gasteiger partial charge on any atom is -0.507 e. The molecule has 0 saturated carbocycles. The molecule has 2 rings (SSSR count). The number of carbonyl (C=O) groups is 1. The first kappa shape index (κ1) is 25.1. The molecule has 0 spiro atoms. The van der Waals surface area contributed by atoms with Gasteiger partial charge in [-0.05, 0) is 41.8 Å². The first-order chi connectivity index (χ1) is 14.9. The zero-order valence-electron chi connectivity index (χ0n) is 17.5. The molecule has 2 aromatic rings. The highest BCUT2D eigenvalue weighted by molar-refractivity contribution is 7.80. The Balaban J connectivity index is 2.54. The number of aromatic hydroxyl groups is 1. The summed E-state index contributed by atoms with van der Waals surface area (Å²) in [7, 11) is 1.43. The van der Waals surface area contributed by atoms with E-state index in [2.05, 4.69) is 12.6 Å². The molecule has 0 bridgehead atoms. The summed E-state index contributed by atoms with van der Waals surface area (Å²) in [5.74, 6) is -2.75. The van der Waals surface area contributed by atoms with Gasteiger partial charge in [0.15, 0.2) is 5.84 Å². The Morgan fingerprint density at radius 1 is 1.22 bits per heavy atom. The van der Waals surface area contributed by atoms with E-state index in [4.69, 9.17) is 15.6 Å². The van der Waals surface area contributed by atoms with E-state index >= 15 is 0 Å². The predicted octanol–water partition coefficient (Wildman–Crippen LogP) is 4.30. The number of carbonyl (C=O) groups excluding carboxylic acids is 1. The van der Waals surface area contributed by atoms with E-state index in [-0.39, 0.29) is 22.9 Å². The molecule has 32 heavy (non-hydrogen) atoms. The summed E-state index contributed by atoms with van der Waals surface area (Å²) < 4.78 is 42.8. The van der Waals surface area contributed by atoms with E-state index in [1.807, 2.05) is 13.8 Å². The van der Waals surface area contributed by atoms with E-state index in [9.17, 15) is 23.1 Å². The maximum absolute atomic E-state index is 12.5. The molecule has 0 fully saturated rings. The average molecular weight is 469 g/mol. The molecule has 4 N–H and O–H groups in total. The summed E-state index contributed by atoms with van der Waals surface area (Å²) in [6.45, 7) is 2.12. The lowest BCUT2D eigenvalue weighted by Gasteiger charge is -2.26. The Labute approximate surface area is 188 Å². The van der Waals surface area contributed by atoms with Crippen molar-refractivity contribution in [2.24, 2.45) is 0 Å². The summed E-state index contributed by atoms with van der Waals surface area (Å²) in [6.07, 6.45) is -4.66. The van der Waals surface area contributed by atoms with Crippen LogP contribution in [0.3, 0.4) is 0 Å². The molecule has 1 amide bonds. The van der Waals surface area contributed by atoms with Crippen molar-refractivity contribution >= 4 is 35.9 Å². The first-order valence-electron chi connectivity index (χ1n) is 9.38. The van der Waals surface area contributed by atoms with Crippen molar-refractivity contribution in [1.29, 1.82) is 10.8 Å². The van der Waals surface area contributed by atoms with E-state index in [1.165, 1.54) is 43.5 Å². The van der Waals surface area contributed by atoms with Crippen LogP contribution in [-0.4, -0.2) is 42.5 Å². The summed E-state index contributed by atoms with van der Waals surface area (Å²) >= 11 is 4.17. The Morgan fingerprint density at radius 3 is 2.31 bits per heavy atom. The second-order valence-electron chi connectivity index (χ2n) is 7.11. The lowest BCUT2D eigenvalue weighted by atomic mass is 9.98. The zero-order valence-corrected chi connectivity index (χ0v) is 18.4. The molecule has 0 heterocycles. The predicted molar refractivity (Wildman–Crippen MR) is 119 cm³/mol. The van der Waals surface area contributed by atoms with Crippen LogP contribution in [0.5, 0.6) is 11.5 Å². The maximum Gasteiger partial charge on any atom is 0.405 e. The van der Waals surface area contributed by atoms with Crippen molar-refractivity contribution in [2.45, 2.75) is 30.8 Å². The van der Waals surface area contributed by atoms with Crippen LogP contribution in [0.4, 0.5) is 18.9 Å². The number of hydrogen-bond acceptors (Lipinski definition) is 6. The third kappa shape index (κ3) is 5.94. The molecule has 0 saturated heterocycles. The van der Waals surface area contributed by atoms with Crippen LogP contribution >= 0.6 is 12.6 Å². The Bertz CT molecular complexity index is 1020. The van der Waals surface area contributed by atoms with Crippen LogP contribution in [0.2, 0.25) is 0 Å². The van der Waals surface area contributed by atoms with Gasteiger partial charge >= 0.3 is 6.18 Å². The van der Waals surface area contributed by atoms with Gasteiger partial charge in [0.2, 0.25) is 0 Å². The minimum atomic E-state index is -4.66. The van der Waals surface area contributed by atoms with Gasteiger partial charge in [-0.3, -0.25) is 20.5 Å². The number of hydrogen-bond donors (Lipinski definition) is 5. The zero-order chi connectivity index (χ0) is 24.2. The van der Waals surface area contributed by atoms with Crippen LogP contribution in [-0.2, 0) is 4.79 Å². The highest BCUT2D eigenvalue weighted by Crippen LogP contribution is 2.34. The van der Waals surface area contributed by atoms with Crippen molar-refractivity contribution in [2.75, 3.05) is 18.6 Å². The molecule has 2 aromatic carbocycles. The van der Waals surface area contributed by atoms with E-state index in [0.29, 0.717) is 16.2 Å². The molecule has 0 radical (unpaired) electrons. The number of nitrogens with zero attached hydrogens (tertiary/aromatic N) is 1. The van der Waals surface area contributed by atoms with Crippen LogP contribution in [0, 0.1) is 10.8 Å². The van der Waals surface area contributed by atoms with Crippen molar-refractivity contribution in [3.8, 4) is 11.5 Å². The molecule has 0 aliphatic carbocycles. The number of ether oxygens (including phenoxy) is 1. The average Bonchev–Trinajstić information content (AvgIpc) is 2.72. The SMILES string of the molecule is COc1cc(O)c(C(=N)N(C(=N)C(=O)NCC(F)(F)F)c2ccc(S)cc2)cc1C(C)C. The number of amidine groups is 2. The quantitative estimate of drug-likeness (QED) is 0.256. The number of alkyl halides is 3. The minimum absolute atomic E-state index is 0.0298. The first-order valence-corrected chi connectivity index (χ1v) is 9.83. The molecule has 0 aliphatic heterocycles. The van der Waals surface area contributed by atoms with E-state index in [1.54, 1.807) is 5.32 Å². The number of benzene rings is 2. The fourth-order valence-corrected chi connectivity index (χ4v) is 3.01. The monoisotopic (exact) mass is 468 g/mol. The molecule has 7 nitrogen and oxygen atoms in total. The number of phenolic OH excluding ortho intramolecular Hbond substituents is 1. The second-order valence-corrected chi connectivity index (χ2v) is 7.63. The molecular formula is C21H23F3N4O3S. The standard InChI is InChI=1S/C21H23F3N4O3S/c1-11(2)14-8-15(16(29)9-17(14)31-3)18(25)28(12-4-6-13(32)7-5-12)19(26)20(30)27-10-21(22,23)24/h4-9,11,25-26,29,32H,10H2,1-3H3,(H,27,30). The molecule has 172 valence electrons. The number of anilines is 1. The molecule has 0 aromatic heterocycles. The van der Waals surface area contributed by atoms with Gasteiger partial charge < -0.3 is 15.2 Å². The summed E-state index contributed by atoms with van der Waals surface area (Å²) in [6, 6.07) is 8.77. The van der Waals surface area contributed by atoms with Crippen LogP contribution in [0.1, 0.15) is 30.9 Å². The van der Waals surface area contributed by atoms with Crippen molar-refractivity contribution in [3.05, 3.63) is 47.5 Å². The van der Waals surface area contributed by atoms with Crippen LogP contribution in [0.25, 0.3) is 0 Å². The van der Waals surface area contributed by atoms with E-state index < -0.39 is 30.3 Å². The summed E-state index contributed by atoms with van der Waals surface area (Å²) in [5.41, 5.74) is 0.780. The Kier molecular flexibility index (Phi) is 7.78. The summed E-state index contributed by atoms with van der Waals surface area (Å²) in [4.78, 5) is 13.7. The number of halogens is 3. The van der Waals surface area contributed by atoms with Gasteiger partial charge in [0.25, 0.3) is 5.91 Å². The van der Waals surface area contributed by atoms with Gasteiger partial charge in [0.05, 0.1) is 12.7 Å². The topological polar surface area (TPSA) is 110 Å². The lowest BCUT2D eigenvalue weighted by Crippen LogP contribution is -2.48. The smallest absolute Gasteiger partial charge is 0.405 e. The van der Waals surface area contributed by atoms with Gasteiger partial charge in [0.1, 0.15) is 23.9 Å². The summed E-state index contributed by atoms with van der Waals surface area (Å²) in [5, 5.41) is 28.9. The maximum atomic E-state index is 12.5. The Morgan fingerprint density at radius 2 is 1.81 bits per heavy atom. The normalized spacial score (nSPS) is 11.2. The van der Waals surface area contributed by atoms with Gasteiger partial charge in [-0.25, -0.2) is 0 Å². The number of methoxy groups -OCH3 is 1. The van der Waals surface area contributed by atoms with Gasteiger partial charge in [-0.15, -0.1) is 12.6 Å². The van der Waals surface area contributed by atoms with Crippen LogP contribution in [0.15, 0.2) is 41.3 Å². The fourth-order valence-electron chi connectivity index (χ4n) is 2.86. The van der Waals surface area contributed by atoms with Crippen molar-refractivity contribution in [1.82, 2.24) is 5.32 Å². The number of nitrogens with one attached hydrogen (secondary N) is 3. The molecule has 11 heteroatoms.